The van der Waals surface area contributed by atoms with Crippen molar-refractivity contribution >= 4 is 31.5 Å². The van der Waals surface area contributed by atoms with Crippen molar-refractivity contribution in [3.63, 3.8) is 0 Å². The third-order valence-electron chi connectivity index (χ3n) is 3.36. The molecule has 0 amide bonds. The highest BCUT2D eigenvalue weighted by Crippen LogP contribution is 2.16. The van der Waals surface area contributed by atoms with Crippen LogP contribution in [0.25, 0.3) is 0 Å². The van der Waals surface area contributed by atoms with Crippen LogP contribution in [0.5, 0.6) is 0 Å². The Kier molecular flexibility index (Phi) is 4.86. The van der Waals surface area contributed by atoms with Gasteiger partial charge in [-0.2, -0.15) is 0 Å². The van der Waals surface area contributed by atoms with Crippen molar-refractivity contribution in [2.45, 2.75) is 13.0 Å². The number of hydrogen-bond acceptors (Lipinski definition) is 4. The van der Waals surface area contributed by atoms with Crippen molar-refractivity contribution in [3.05, 3.63) is 28.7 Å². The first-order valence-corrected chi connectivity index (χ1v) is 9.02. The molecule has 1 unspecified atom stereocenters. The van der Waals surface area contributed by atoms with Crippen molar-refractivity contribution in [2.24, 2.45) is 0 Å². The van der Waals surface area contributed by atoms with Gasteiger partial charge in [0.2, 0.25) is 0 Å². The molecule has 4 nitrogen and oxygen atoms in total. The van der Waals surface area contributed by atoms with Crippen LogP contribution in [0.4, 0.5) is 5.69 Å². The van der Waals surface area contributed by atoms with Gasteiger partial charge < -0.3 is 5.32 Å². The molecule has 1 aliphatic rings. The number of anilines is 1. The van der Waals surface area contributed by atoms with Crippen LogP contribution in [-0.2, 0) is 9.84 Å². The highest BCUT2D eigenvalue weighted by Gasteiger charge is 2.27. The molecule has 1 heterocycles. The highest BCUT2D eigenvalue weighted by molar-refractivity contribution is 9.10. The maximum Gasteiger partial charge on any atom is 0.153 e. The minimum absolute atomic E-state index is 0.114. The van der Waals surface area contributed by atoms with E-state index in [9.17, 15) is 8.42 Å². The van der Waals surface area contributed by atoms with Crippen molar-refractivity contribution in [1.29, 1.82) is 0 Å². The molecule has 1 aromatic carbocycles. The number of nitrogens with zero attached hydrogens (tertiary/aromatic N) is 1. The zero-order valence-corrected chi connectivity index (χ0v) is 13.4. The van der Waals surface area contributed by atoms with Crippen LogP contribution >= 0.6 is 15.9 Å². The van der Waals surface area contributed by atoms with Gasteiger partial charge in [-0.15, -0.1) is 0 Å². The summed E-state index contributed by atoms with van der Waals surface area (Å²) in [7, 11) is -2.82. The lowest BCUT2D eigenvalue weighted by molar-refractivity contribution is 0.235. The van der Waals surface area contributed by atoms with E-state index < -0.39 is 9.84 Å². The van der Waals surface area contributed by atoms with Crippen LogP contribution in [-0.4, -0.2) is 50.5 Å². The molecule has 1 saturated heterocycles. The lowest BCUT2D eigenvalue weighted by Gasteiger charge is -2.33. The molecule has 0 aromatic heterocycles. The lowest BCUT2D eigenvalue weighted by Crippen LogP contribution is -2.48. The molecule has 1 fully saturated rings. The summed E-state index contributed by atoms with van der Waals surface area (Å²) in [6.07, 6.45) is 0. The molecule has 0 saturated carbocycles. The van der Waals surface area contributed by atoms with E-state index >= 15 is 0 Å². The second kappa shape index (κ2) is 6.24. The number of sulfone groups is 1. The van der Waals surface area contributed by atoms with Gasteiger partial charge in [0, 0.05) is 35.8 Å². The molecular formula is C13H19BrN2O2S. The lowest BCUT2D eigenvalue weighted by atomic mass is 10.3. The third kappa shape index (κ3) is 4.47. The Balaban J connectivity index is 1.80. The smallest absolute Gasteiger partial charge is 0.153 e. The number of hydrogen-bond donors (Lipinski definition) is 1. The van der Waals surface area contributed by atoms with Crippen molar-refractivity contribution in [3.8, 4) is 0 Å². The largest absolute Gasteiger partial charge is 0.384 e. The predicted molar refractivity (Wildman–Crippen MR) is 82.3 cm³/mol. The van der Waals surface area contributed by atoms with Crippen molar-refractivity contribution in [2.75, 3.05) is 36.5 Å². The minimum Gasteiger partial charge on any atom is -0.384 e. The number of benzene rings is 1. The maximum atomic E-state index is 11.5. The molecule has 0 bridgehead atoms. The first kappa shape index (κ1) is 14.8. The van der Waals surface area contributed by atoms with Crippen LogP contribution in [0, 0.1) is 0 Å². The Labute approximate surface area is 123 Å². The standard InChI is InChI=1S/C13H19BrN2O2S/c1-11-10-19(17,18)8-7-16(11)6-5-15-13-4-2-3-12(14)9-13/h2-4,9,11,15H,5-8,10H2,1H3. The summed E-state index contributed by atoms with van der Waals surface area (Å²) in [5.74, 6) is 0.568. The second-order valence-corrected chi connectivity index (χ2v) is 8.08. The summed E-state index contributed by atoms with van der Waals surface area (Å²) in [5, 5.41) is 3.35. The summed E-state index contributed by atoms with van der Waals surface area (Å²) < 4.78 is 24.0. The summed E-state index contributed by atoms with van der Waals surface area (Å²) in [5.41, 5.74) is 1.08. The van der Waals surface area contributed by atoms with E-state index in [1.807, 2.05) is 31.2 Å². The van der Waals surface area contributed by atoms with Gasteiger partial charge in [0.15, 0.2) is 9.84 Å². The minimum atomic E-state index is -2.82. The van der Waals surface area contributed by atoms with Gasteiger partial charge in [-0.05, 0) is 25.1 Å². The second-order valence-electron chi connectivity index (χ2n) is 4.94. The zero-order chi connectivity index (χ0) is 13.9. The molecule has 0 radical (unpaired) electrons. The summed E-state index contributed by atoms with van der Waals surface area (Å²) in [6.45, 7) is 4.31. The Hall–Kier alpha value is -0.590. The monoisotopic (exact) mass is 346 g/mol. The first-order valence-electron chi connectivity index (χ1n) is 6.40. The van der Waals surface area contributed by atoms with E-state index in [1.165, 1.54) is 0 Å². The van der Waals surface area contributed by atoms with Crippen LogP contribution in [0.1, 0.15) is 6.92 Å². The summed E-state index contributed by atoms with van der Waals surface area (Å²) in [6, 6.07) is 8.15. The van der Waals surface area contributed by atoms with Gasteiger partial charge in [0.25, 0.3) is 0 Å². The fraction of sp³-hybridized carbons (Fsp3) is 0.538. The molecule has 1 atom stereocenters. The Morgan fingerprint density at radius 3 is 2.95 bits per heavy atom. The molecule has 19 heavy (non-hydrogen) atoms. The van der Waals surface area contributed by atoms with Crippen LogP contribution in [0.2, 0.25) is 0 Å². The van der Waals surface area contributed by atoms with Crippen LogP contribution in [0.3, 0.4) is 0 Å². The van der Waals surface area contributed by atoms with Crippen LogP contribution < -0.4 is 5.32 Å². The van der Waals surface area contributed by atoms with E-state index in [4.69, 9.17) is 0 Å². The molecule has 0 spiro atoms. The Morgan fingerprint density at radius 1 is 1.47 bits per heavy atom. The molecule has 1 N–H and O–H groups in total. The fourth-order valence-corrected chi connectivity index (χ4v) is 4.33. The van der Waals surface area contributed by atoms with Gasteiger partial charge in [-0.25, -0.2) is 8.42 Å². The highest BCUT2D eigenvalue weighted by atomic mass is 79.9. The fourth-order valence-electron chi connectivity index (χ4n) is 2.31. The van der Waals surface area contributed by atoms with E-state index in [2.05, 4.69) is 26.1 Å². The molecule has 1 aromatic rings. The van der Waals surface area contributed by atoms with Gasteiger partial charge in [-0.3, -0.25) is 4.90 Å². The topological polar surface area (TPSA) is 49.4 Å². The van der Waals surface area contributed by atoms with E-state index in [0.29, 0.717) is 6.54 Å². The predicted octanol–water partition coefficient (Wildman–Crippen LogP) is 1.98. The maximum absolute atomic E-state index is 11.5. The van der Waals surface area contributed by atoms with Crippen LogP contribution in [0.15, 0.2) is 28.7 Å². The Bertz CT molecular complexity index is 533. The molecule has 106 valence electrons. The van der Waals surface area contributed by atoms with Gasteiger partial charge in [0.05, 0.1) is 11.5 Å². The van der Waals surface area contributed by atoms with E-state index in [0.717, 1.165) is 23.2 Å². The van der Waals surface area contributed by atoms with Crippen molar-refractivity contribution < 1.29 is 8.42 Å². The molecule has 1 aliphatic heterocycles. The zero-order valence-electron chi connectivity index (χ0n) is 11.0. The number of rotatable bonds is 4. The SMILES string of the molecule is CC1CS(=O)(=O)CCN1CCNc1cccc(Br)c1. The molecular weight excluding hydrogens is 328 g/mol. The number of halogens is 1. The normalized spacial score (nSPS) is 23.2. The number of nitrogens with one attached hydrogen (secondary N) is 1. The van der Waals surface area contributed by atoms with E-state index in [-0.39, 0.29) is 17.5 Å². The summed E-state index contributed by atoms with van der Waals surface area (Å²) in [4.78, 5) is 2.23. The third-order valence-corrected chi connectivity index (χ3v) is 5.65. The first-order chi connectivity index (χ1) is 8.96. The molecule has 2 rings (SSSR count). The summed E-state index contributed by atoms with van der Waals surface area (Å²) >= 11 is 3.44. The van der Waals surface area contributed by atoms with E-state index in [1.54, 1.807) is 0 Å². The Morgan fingerprint density at radius 2 is 2.26 bits per heavy atom. The van der Waals surface area contributed by atoms with Gasteiger partial charge >= 0.3 is 0 Å². The molecule has 0 aliphatic carbocycles. The van der Waals surface area contributed by atoms with Gasteiger partial charge in [0.1, 0.15) is 0 Å². The molecule has 6 heteroatoms. The van der Waals surface area contributed by atoms with Gasteiger partial charge in [-0.1, -0.05) is 22.0 Å². The quantitative estimate of drug-likeness (QED) is 0.905. The van der Waals surface area contributed by atoms with Crippen molar-refractivity contribution in [1.82, 2.24) is 4.90 Å². The average molecular weight is 347 g/mol. The average Bonchev–Trinajstić information content (AvgIpc) is 2.31.